The van der Waals surface area contributed by atoms with Crippen molar-refractivity contribution in [3.8, 4) is 45.3 Å². The maximum Gasteiger partial charge on any atom is 0.161 e. The van der Waals surface area contributed by atoms with E-state index >= 15 is 0 Å². The van der Waals surface area contributed by atoms with Crippen molar-refractivity contribution < 1.29 is 0 Å². The van der Waals surface area contributed by atoms with E-state index in [4.69, 9.17) is 19.9 Å². The van der Waals surface area contributed by atoms with E-state index < -0.39 is 0 Å². The smallest absolute Gasteiger partial charge is 0.161 e. The highest BCUT2D eigenvalue weighted by atomic mass is 32.1. The van der Waals surface area contributed by atoms with Crippen LogP contribution in [0.3, 0.4) is 0 Å². The fourth-order valence-electron chi connectivity index (χ4n) is 5.91. The van der Waals surface area contributed by atoms with E-state index in [-0.39, 0.29) is 0 Å². The van der Waals surface area contributed by atoms with Crippen LogP contribution in [0.25, 0.3) is 85.9 Å². The summed E-state index contributed by atoms with van der Waals surface area (Å²) < 4.78 is 2.41. The Balaban J connectivity index is 1.25. The van der Waals surface area contributed by atoms with Crippen LogP contribution in [0.4, 0.5) is 0 Å². The summed E-state index contributed by atoms with van der Waals surface area (Å²) in [7, 11) is 0. The molecule has 0 radical (unpaired) electrons. The summed E-state index contributed by atoms with van der Waals surface area (Å²) in [6, 6.07) is 46.1. The molecule has 5 aromatic carbocycles. The van der Waals surface area contributed by atoms with E-state index in [0.29, 0.717) is 11.6 Å². The molecule has 0 unspecified atom stereocenters. The van der Waals surface area contributed by atoms with Crippen LogP contribution in [0.1, 0.15) is 0 Å². The molecule has 206 valence electrons. The van der Waals surface area contributed by atoms with Crippen LogP contribution in [0, 0.1) is 0 Å². The highest BCUT2D eigenvalue weighted by molar-refractivity contribution is 7.26. The standard InChI is InChI=1S/C38H22N4S2/c1-3-12-23(13-4-1)33-31-27-18-7-9-20-29(27)43-37(31)41-35(39-33)25-16-11-17-26(22-25)36-40-34(24-14-5-2-6-15-24)32-28-19-8-10-21-30(28)44-38(32)42-36/h1-22H. The lowest BCUT2D eigenvalue weighted by atomic mass is 10.0. The van der Waals surface area contributed by atoms with Gasteiger partial charge in [0.2, 0.25) is 0 Å². The summed E-state index contributed by atoms with van der Waals surface area (Å²) in [5, 5.41) is 4.57. The highest BCUT2D eigenvalue weighted by Crippen LogP contribution is 2.41. The first-order chi connectivity index (χ1) is 21.8. The Kier molecular flexibility index (Phi) is 5.82. The van der Waals surface area contributed by atoms with Crippen molar-refractivity contribution in [1.29, 1.82) is 0 Å². The van der Waals surface area contributed by atoms with Crippen molar-refractivity contribution in [3.63, 3.8) is 0 Å². The molecule has 0 spiro atoms. The predicted molar refractivity (Wildman–Crippen MR) is 185 cm³/mol. The molecule has 0 amide bonds. The summed E-state index contributed by atoms with van der Waals surface area (Å²) in [5.74, 6) is 1.38. The van der Waals surface area contributed by atoms with Gasteiger partial charge < -0.3 is 0 Å². The zero-order valence-electron chi connectivity index (χ0n) is 23.3. The van der Waals surface area contributed by atoms with Gasteiger partial charge in [0.15, 0.2) is 11.6 Å². The third kappa shape index (κ3) is 4.11. The minimum Gasteiger partial charge on any atom is -0.227 e. The largest absolute Gasteiger partial charge is 0.227 e. The molecule has 0 aliphatic carbocycles. The monoisotopic (exact) mass is 598 g/mol. The molecule has 9 aromatic rings. The number of rotatable bonds is 4. The normalized spacial score (nSPS) is 11.6. The maximum absolute atomic E-state index is 5.20. The molecule has 4 aromatic heterocycles. The Labute approximate surface area is 261 Å². The quantitative estimate of drug-likeness (QED) is 0.202. The van der Waals surface area contributed by atoms with Crippen molar-refractivity contribution >= 4 is 63.3 Å². The molecule has 0 aliphatic rings. The van der Waals surface area contributed by atoms with Gasteiger partial charge in [-0.2, -0.15) is 0 Å². The van der Waals surface area contributed by atoms with Gasteiger partial charge in [-0.05, 0) is 18.2 Å². The van der Waals surface area contributed by atoms with Crippen molar-refractivity contribution in [3.05, 3.63) is 133 Å². The summed E-state index contributed by atoms with van der Waals surface area (Å²) >= 11 is 3.42. The molecular weight excluding hydrogens is 577 g/mol. The van der Waals surface area contributed by atoms with E-state index in [9.17, 15) is 0 Å². The molecule has 44 heavy (non-hydrogen) atoms. The molecule has 0 atom stereocenters. The van der Waals surface area contributed by atoms with Gasteiger partial charge in [0.05, 0.1) is 11.4 Å². The summed E-state index contributed by atoms with van der Waals surface area (Å²) in [6.07, 6.45) is 0. The first-order valence-corrected chi connectivity index (χ1v) is 16.0. The van der Waals surface area contributed by atoms with E-state index in [1.54, 1.807) is 22.7 Å². The summed E-state index contributed by atoms with van der Waals surface area (Å²) in [6.45, 7) is 0. The first kappa shape index (κ1) is 25.2. The van der Waals surface area contributed by atoms with Crippen LogP contribution >= 0.6 is 22.7 Å². The topological polar surface area (TPSA) is 51.6 Å². The molecule has 0 N–H and O–H groups in total. The number of thiophene rings is 2. The van der Waals surface area contributed by atoms with Crippen molar-refractivity contribution in [2.24, 2.45) is 0 Å². The molecule has 4 heterocycles. The zero-order valence-corrected chi connectivity index (χ0v) is 24.9. The van der Waals surface area contributed by atoms with Crippen LogP contribution in [0.15, 0.2) is 133 Å². The number of hydrogen-bond acceptors (Lipinski definition) is 6. The van der Waals surface area contributed by atoms with Gasteiger partial charge in [0, 0.05) is 53.2 Å². The molecule has 0 bridgehead atoms. The van der Waals surface area contributed by atoms with E-state index in [1.165, 1.54) is 20.2 Å². The molecule has 6 heteroatoms. The van der Waals surface area contributed by atoms with Gasteiger partial charge in [-0.3, -0.25) is 0 Å². The second-order valence-corrected chi connectivity index (χ2v) is 12.7. The predicted octanol–water partition coefficient (Wildman–Crippen LogP) is 10.7. The number of nitrogens with zero attached hydrogens (tertiary/aromatic N) is 4. The van der Waals surface area contributed by atoms with Crippen molar-refractivity contribution in [1.82, 2.24) is 19.9 Å². The van der Waals surface area contributed by atoms with Crippen LogP contribution in [-0.4, -0.2) is 19.9 Å². The van der Waals surface area contributed by atoms with Crippen molar-refractivity contribution in [2.75, 3.05) is 0 Å². The Morgan fingerprint density at radius 1 is 0.364 bits per heavy atom. The van der Waals surface area contributed by atoms with E-state index in [0.717, 1.165) is 54.1 Å². The Morgan fingerprint density at radius 3 is 1.25 bits per heavy atom. The Bertz CT molecular complexity index is 2330. The molecule has 9 rings (SSSR count). The minimum absolute atomic E-state index is 0.691. The second kappa shape index (κ2) is 10.2. The fourth-order valence-corrected chi connectivity index (χ4v) is 8.06. The van der Waals surface area contributed by atoms with E-state index in [1.807, 2.05) is 18.2 Å². The highest BCUT2D eigenvalue weighted by Gasteiger charge is 2.19. The molecule has 0 saturated heterocycles. The fraction of sp³-hybridized carbons (Fsp3) is 0. The Morgan fingerprint density at radius 2 is 0.773 bits per heavy atom. The average molecular weight is 599 g/mol. The van der Waals surface area contributed by atoms with Gasteiger partial charge in [-0.25, -0.2) is 19.9 Å². The van der Waals surface area contributed by atoms with Gasteiger partial charge in [0.25, 0.3) is 0 Å². The molecular formula is C38H22N4S2. The third-order valence-corrected chi connectivity index (χ3v) is 10.1. The summed E-state index contributed by atoms with van der Waals surface area (Å²) in [4.78, 5) is 22.6. The lowest BCUT2D eigenvalue weighted by molar-refractivity contribution is 1.23. The van der Waals surface area contributed by atoms with Gasteiger partial charge in [0.1, 0.15) is 9.66 Å². The third-order valence-electron chi connectivity index (χ3n) is 7.95. The zero-order chi connectivity index (χ0) is 29.0. The minimum atomic E-state index is 0.691. The Hall–Kier alpha value is -5.30. The van der Waals surface area contributed by atoms with Crippen LogP contribution in [0.5, 0.6) is 0 Å². The van der Waals surface area contributed by atoms with E-state index in [2.05, 4.69) is 115 Å². The number of aromatic nitrogens is 4. The van der Waals surface area contributed by atoms with Gasteiger partial charge in [-0.1, -0.05) is 115 Å². The SMILES string of the molecule is c1ccc(-c2nc(-c3cccc(-c4nc(-c5ccccc5)c5c(n4)sc4ccccc45)c3)nc3sc4ccccc4c23)cc1. The van der Waals surface area contributed by atoms with Crippen molar-refractivity contribution in [2.45, 2.75) is 0 Å². The van der Waals surface area contributed by atoms with Crippen LogP contribution < -0.4 is 0 Å². The molecule has 0 aliphatic heterocycles. The molecule has 4 nitrogen and oxygen atoms in total. The second-order valence-electron chi connectivity index (χ2n) is 10.7. The first-order valence-electron chi connectivity index (χ1n) is 14.4. The maximum atomic E-state index is 5.20. The van der Waals surface area contributed by atoms with Crippen LogP contribution in [-0.2, 0) is 0 Å². The molecule has 0 fully saturated rings. The van der Waals surface area contributed by atoms with Gasteiger partial charge >= 0.3 is 0 Å². The van der Waals surface area contributed by atoms with Crippen LogP contribution in [0.2, 0.25) is 0 Å². The summed E-state index contributed by atoms with van der Waals surface area (Å²) in [5.41, 5.74) is 5.91. The van der Waals surface area contributed by atoms with Gasteiger partial charge in [-0.15, -0.1) is 22.7 Å². The lowest BCUT2D eigenvalue weighted by Crippen LogP contribution is -1.96. The lowest BCUT2D eigenvalue weighted by Gasteiger charge is -2.10. The number of hydrogen-bond donors (Lipinski definition) is 0. The average Bonchev–Trinajstić information content (AvgIpc) is 3.66. The number of benzene rings is 5. The number of fused-ring (bicyclic) bond motifs is 6. The molecule has 0 saturated carbocycles.